The largest absolute Gasteiger partial charge is 0.366 e. The van der Waals surface area contributed by atoms with Crippen molar-refractivity contribution in [3.05, 3.63) is 58.6 Å². The molecule has 0 unspecified atom stereocenters. The molecule has 2 saturated heterocycles. The van der Waals surface area contributed by atoms with Crippen LogP contribution in [0.2, 0.25) is 5.02 Å². The molecule has 5 rings (SSSR count). The van der Waals surface area contributed by atoms with Crippen molar-refractivity contribution in [3.8, 4) is 0 Å². The molecule has 0 radical (unpaired) electrons. The van der Waals surface area contributed by atoms with Crippen LogP contribution in [-0.2, 0) is 4.79 Å². The van der Waals surface area contributed by atoms with Crippen LogP contribution in [0.5, 0.6) is 0 Å². The van der Waals surface area contributed by atoms with Gasteiger partial charge in [-0.1, -0.05) is 17.7 Å². The number of amides is 3. The second kappa shape index (κ2) is 10.3. The van der Waals surface area contributed by atoms with Crippen LogP contribution >= 0.6 is 11.6 Å². The van der Waals surface area contributed by atoms with Gasteiger partial charge in [-0.15, -0.1) is 0 Å². The minimum Gasteiger partial charge on any atom is -0.366 e. The lowest BCUT2D eigenvalue weighted by Gasteiger charge is -2.37. The molecule has 0 atom stereocenters. The maximum Gasteiger partial charge on any atom is 0.255 e. The molecule has 0 aromatic heterocycles. The van der Waals surface area contributed by atoms with E-state index in [1.165, 1.54) is 0 Å². The van der Waals surface area contributed by atoms with Gasteiger partial charge in [-0.05, 0) is 49.2 Å². The van der Waals surface area contributed by atoms with E-state index in [0.717, 1.165) is 31.6 Å². The lowest BCUT2D eigenvalue weighted by Crippen LogP contribution is -2.49. The highest BCUT2D eigenvalue weighted by molar-refractivity contribution is 6.31. The number of rotatable bonds is 5. The number of nitrogens with one attached hydrogen (secondary N) is 2. The highest BCUT2D eigenvalue weighted by Crippen LogP contribution is 2.33. The first-order valence-corrected chi connectivity index (χ1v) is 12.6. The summed E-state index contributed by atoms with van der Waals surface area (Å²) < 4.78 is 0. The number of hydrogen-bond donors (Lipinski definition) is 2. The van der Waals surface area contributed by atoms with Gasteiger partial charge in [0.1, 0.15) is 0 Å². The number of carbonyl (C=O) groups is 3. The third kappa shape index (κ3) is 5.44. The monoisotopic (exact) mass is 495 g/mol. The molecule has 2 heterocycles. The number of piperazine rings is 2. The molecule has 0 bridgehead atoms. The van der Waals surface area contributed by atoms with E-state index in [-0.39, 0.29) is 23.6 Å². The van der Waals surface area contributed by atoms with Gasteiger partial charge in [-0.3, -0.25) is 14.4 Å². The van der Waals surface area contributed by atoms with Gasteiger partial charge < -0.3 is 25.3 Å². The maximum absolute atomic E-state index is 13.1. The third-order valence-electron chi connectivity index (χ3n) is 6.84. The van der Waals surface area contributed by atoms with E-state index in [9.17, 15) is 14.4 Å². The van der Waals surface area contributed by atoms with Crippen LogP contribution in [0.15, 0.2) is 42.5 Å². The Kier molecular flexibility index (Phi) is 6.92. The van der Waals surface area contributed by atoms with Crippen molar-refractivity contribution < 1.29 is 14.4 Å². The van der Waals surface area contributed by atoms with E-state index in [0.29, 0.717) is 61.1 Å². The Bertz CT molecular complexity index is 1120. The fraction of sp³-hybridized carbons (Fsp3) is 0.423. The van der Waals surface area contributed by atoms with E-state index in [1.807, 2.05) is 21.9 Å². The van der Waals surface area contributed by atoms with Gasteiger partial charge in [-0.25, -0.2) is 0 Å². The van der Waals surface area contributed by atoms with Gasteiger partial charge >= 0.3 is 0 Å². The summed E-state index contributed by atoms with van der Waals surface area (Å²) in [6.45, 7) is 5.49. The van der Waals surface area contributed by atoms with Crippen molar-refractivity contribution in [2.45, 2.75) is 12.8 Å². The molecule has 2 aromatic carbocycles. The molecule has 35 heavy (non-hydrogen) atoms. The van der Waals surface area contributed by atoms with Crippen LogP contribution in [0.3, 0.4) is 0 Å². The van der Waals surface area contributed by atoms with Gasteiger partial charge in [0.25, 0.3) is 11.8 Å². The van der Waals surface area contributed by atoms with Crippen LogP contribution < -0.4 is 15.5 Å². The maximum atomic E-state index is 13.1. The molecule has 2 aliphatic heterocycles. The van der Waals surface area contributed by atoms with Gasteiger partial charge in [0.15, 0.2) is 0 Å². The highest BCUT2D eigenvalue weighted by atomic mass is 35.5. The van der Waals surface area contributed by atoms with E-state index < -0.39 is 0 Å². The van der Waals surface area contributed by atoms with Crippen LogP contribution in [0.1, 0.15) is 33.6 Å². The van der Waals surface area contributed by atoms with Crippen molar-refractivity contribution in [3.63, 3.8) is 0 Å². The summed E-state index contributed by atoms with van der Waals surface area (Å²) in [5, 5.41) is 6.75. The molecule has 8 nitrogen and oxygen atoms in total. The zero-order chi connectivity index (χ0) is 24.4. The van der Waals surface area contributed by atoms with Crippen molar-refractivity contribution >= 4 is 40.7 Å². The first-order chi connectivity index (χ1) is 17.0. The fourth-order valence-corrected chi connectivity index (χ4v) is 4.87. The predicted octanol–water partition coefficient (Wildman–Crippen LogP) is 2.70. The summed E-state index contributed by atoms with van der Waals surface area (Å²) in [6.07, 6.45) is 2.00. The zero-order valence-corrected chi connectivity index (χ0v) is 20.4. The quantitative estimate of drug-likeness (QED) is 0.666. The summed E-state index contributed by atoms with van der Waals surface area (Å²) >= 11 is 6.09. The predicted molar refractivity (Wildman–Crippen MR) is 136 cm³/mol. The molecule has 3 amide bonds. The Hall–Kier alpha value is -3.10. The lowest BCUT2D eigenvalue weighted by atomic mass is 10.1. The van der Waals surface area contributed by atoms with Crippen LogP contribution in [0.4, 0.5) is 11.4 Å². The molecule has 3 aliphatic rings. The normalized spacial score (nSPS) is 18.4. The van der Waals surface area contributed by atoms with Gasteiger partial charge in [-0.2, -0.15) is 0 Å². The molecule has 1 saturated carbocycles. The molecular weight excluding hydrogens is 466 g/mol. The third-order valence-corrected chi connectivity index (χ3v) is 7.08. The standard InChI is InChI=1S/C26H30ClN5O3/c27-21-3-1-2-19(16-21)24(33)29-22-17-20(26(35)31-10-8-28-9-11-31)6-7-23(22)30-12-14-32(15-13-30)25(34)18-4-5-18/h1-3,6-7,16-18,28H,4-5,8-15H2,(H,29,33). The van der Waals surface area contributed by atoms with Crippen molar-refractivity contribution in [2.24, 2.45) is 5.92 Å². The van der Waals surface area contributed by atoms with E-state index in [2.05, 4.69) is 15.5 Å². The molecular formula is C26H30ClN5O3. The summed E-state index contributed by atoms with van der Waals surface area (Å²) in [5.41, 5.74) is 2.41. The highest BCUT2D eigenvalue weighted by Gasteiger charge is 2.35. The molecule has 1 aliphatic carbocycles. The fourth-order valence-electron chi connectivity index (χ4n) is 4.68. The summed E-state index contributed by atoms with van der Waals surface area (Å²) in [7, 11) is 0. The Morgan fingerprint density at radius 2 is 1.60 bits per heavy atom. The van der Waals surface area contributed by atoms with Crippen molar-refractivity contribution in [1.82, 2.24) is 15.1 Å². The molecule has 3 fully saturated rings. The number of benzene rings is 2. The first kappa shape index (κ1) is 23.6. The number of anilines is 2. The SMILES string of the molecule is O=C(Nc1cc(C(=O)N2CCNCC2)ccc1N1CCN(C(=O)C2CC2)CC1)c1cccc(Cl)c1. The Labute approximate surface area is 210 Å². The Morgan fingerprint density at radius 3 is 2.29 bits per heavy atom. The number of halogens is 1. The van der Waals surface area contributed by atoms with E-state index in [1.54, 1.807) is 30.3 Å². The minimum absolute atomic E-state index is 0.0452. The Morgan fingerprint density at radius 1 is 0.857 bits per heavy atom. The van der Waals surface area contributed by atoms with Crippen LogP contribution in [0.25, 0.3) is 0 Å². The smallest absolute Gasteiger partial charge is 0.255 e. The summed E-state index contributed by atoms with van der Waals surface area (Å²) in [5.74, 6) is 0.139. The Balaban J connectivity index is 1.38. The van der Waals surface area contributed by atoms with Gasteiger partial charge in [0.2, 0.25) is 5.91 Å². The second-order valence-electron chi connectivity index (χ2n) is 9.33. The second-order valence-corrected chi connectivity index (χ2v) is 9.76. The molecule has 2 N–H and O–H groups in total. The van der Waals surface area contributed by atoms with Crippen molar-refractivity contribution in [2.75, 3.05) is 62.6 Å². The first-order valence-electron chi connectivity index (χ1n) is 12.2. The number of carbonyl (C=O) groups excluding carboxylic acids is 3. The van der Waals surface area contributed by atoms with E-state index >= 15 is 0 Å². The van der Waals surface area contributed by atoms with Gasteiger partial charge in [0, 0.05) is 74.4 Å². The average Bonchev–Trinajstić information content (AvgIpc) is 3.74. The minimum atomic E-state index is -0.289. The van der Waals surface area contributed by atoms with Gasteiger partial charge in [0.05, 0.1) is 11.4 Å². The number of nitrogens with zero attached hydrogens (tertiary/aromatic N) is 3. The topological polar surface area (TPSA) is 85.0 Å². The molecule has 9 heteroatoms. The van der Waals surface area contributed by atoms with Crippen LogP contribution in [-0.4, -0.2) is 79.9 Å². The lowest BCUT2D eigenvalue weighted by molar-refractivity contribution is -0.132. The average molecular weight is 496 g/mol. The number of hydrogen-bond acceptors (Lipinski definition) is 5. The van der Waals surface area contributed by atoms with Crippen molar-refractivity contribution in [1.29, 1.82) is 0 Å². The summed E-state index contributed by atoms with van der Waals surface area (Å²) in [6, 6.07) is 12.3. The zero-order valence-electron chi connectivity index (χ0n) is 19.6. The summed E-state index contributed by atoms with van der Waals surface area (Å²) in [4.78, 5) is 44.6. The molecule has 0 spiro atoms. The van der Waals surface area contributed by atoms with Crippen LogP contribution in [0, 0.1) is 5.92 Å². The molecule has 2 aromatic rings. The molecule has 184 valence electrons. The van der Waals surface area contributed by atoms with E-state index in [4.69, 9.17) is 11.6 Å².